The molecule has 4 rings (SSSR count). The molecule has 1 aliphatic carbocycles. The van der Waals surface area contributed by atoms with Crippen LogP contribution in [0.5, 0.6) is 0 Å². The van der Waals surface area contributed by atoms with Crippen molar-refractivity contribution in [1.82, 2.24) is 15.5 Å². The molecule has 1 unspecified atom stereocenters. The fraction of sp³-hybridized carbons (Fsp3) is 0.474. The summed E-state index contributed by atoms with van der Waals surface area (Å²) in [5, 5.41) is 12.8. The van der Waals surface area contributed by atoms with E-state index < -0.39 is 0 Å². The van der Waals surface area contributed by atoms with Crippen molar-refractivity contribution >= 4 is 5.82 Å². The van der Waals surface area contributed by atoms with Crippen molar-refractivity contribution in [3.05, 3.63) is 52.7 Å². The van der Waals surface area contributed by atoms with Gasteiger partial charge in [-0.25, -0.2) is 0 Å². The maximum atomic E-state index is 4.65. The van der Waals surface area contributed by atoms with Crippen LogP contribution in [0, 0.1) is 0 Å². The number of rotatable bonds is 3. The highest BCUT2D eigenvalue weighted by atomic mass is 15.3. The Morgan fingerprint density at radius 2 is 1.96 bits per heavy atom. The molecule has 0 bridgehead atoms. The summed E-state index contributed by atoms with van der Waals surface area (Å²) in [7, 11) is 0. The molecule has 1 fully saturated rings. The van der Waals surface area contributed by atoms with Crippen LogP contribution >= 0.6 is 0 Å². The molecule has 1 N–H and O–H groups in total. The molecule has 4 heteroatoms. The highest BCUT2D eigenvalue weighted by molar-refractivity contribution is 5.54. The van der Waals surface area contributed by atoms with E-state index >= 15 is 0 Å². The Balaban J connectivity index is 1.65. The van der Waals surface area contributed by atoms with Gasteiger partial charge in [-0.15, -0.1) is 5.10 Å². The lowest BCUT2D eigenvalue weighted by molar-refractivity contribution is 0.480. The van der Waals surface area contributed by atoms with Gasteiger partial charge in [0.1, 0.15) is 0 Å². The number of benzene rings is 1. The largest absolute Gasteiger partial charge is 0.352 e. The molecule has 23 heavy (non-hydrogen) atoms. The van der Waals surface area contributed by atoms with Gasteiger partial charge in [-0.3, -0.25) is 0 Å². The summed E-state index contributed by atoms with van der Waals surface area (Å²) < 4.78 is 0. The van der Waals surface area contributed by atoms with E-state index in [1.165, 1.54) is 28.8 Å². The Morgan fingerprint density at radius 1 is 1.13 bits per heavy atom. The first-order chi connectivity index (χ1) is 11.3. The second-order valence-corrected chi connectivity index (χ2v) is 6.74. The molecule has 2 aromatic rings. The lowest BCUT2D eigenvalue weighted by atomic mass is 10.0. The second kappa shape index (κ2) is 6.28. The quantitative estimate of drug-likeness (QED) is 0.945. The SMILES string of the molecule is CC1CN(c2nnc(Cc3ccccc3)c3c2CCC3)CCN1. The molecule has 4 nitrogen and oxygen atoms in total. The highest BCUT2D eigenvalue weighted by Crippen LogP contribution is 2.32. The zero-order chi connectivity index (χ0) is 15.6. The molecule has 1 atom stereocenters. The number of hydrogen-bond donors (Lipinski definition) is 1. The molecular formula is C19H24N4. The van der Waals surface area contributed by atoms with Crippen LogP contribution in [-0.4, -0.2) is 35.9 Å². The summed E-state index contributed by atoms with van der Waals surface area (Å²) in [6.45, 7) is 5.33. The summed E-state index contributed by atoms with van der Waals surface area (Å²) in [6, 6.07) is 11.1. The van der Waals surface area contributed by atoms with Gasteiger partial charge < -0.3 is 10.2 Å². The van der Waals surface area contributed by atoms with Crippen molar-refractivity contribution in [2.45, 2.75) is 38.6 Å². The maximum absolute atomic E-state index is 4.65. The van der Waals surface area contributed by atoms with Gasteiger partial charge in [0.2, 0.25) is 0 Å². The average Bonchev–Trinajstić information content (AvgIpc) is 3.06. The molecule has 1 aliphatic heterocycles. The maximum Gasteiger partial charge on any atom is 0.154 e. The Bertz CT molecular complexity index is 683. The summed E-state index contributed by atoms with van der Waals surface area (Å²) in [6.07, 6.45) is 4.44. The van der Waals surface area contributed by atoms with Gasteiger partial charge in [0.05, 0.1) is 5.69 Å². The molecule has 120 valence electrons. The first-order valence-electron chi connectivity index (χ1n) is 8.71. The van der Waals surface area contributed by atoms with Crippen molar-refractivity contribution < 1.29 is 0 Å². The number of nitrogens with one attached hydrogen (secondary N) is 1. The fourth-order valence-electron chi connectivity index (χ4n) is 3.85. The van der Waals surface area contributed by atoms with E-state index in [-0.39, 0.29) is 0 Å². The van der Waals surface area contributed by atoms with Crippen LogP contribution in [0.3, 0.4) is 0 Å². The third kappa shape index (κ3) is 2.95. The highest BCUT2D eigenvalue weighted by Gasteiger charge is 2.26. The number of piperazine rings is 1. The Hall–Kier alpha value is -1.94. The standard InChI is InChI=1S/C19H24N4/c1-14-13-23(11-10-20-14)19-17-9-5-8-16(17)18(21-22-19)12-15-6-3-2-4-7-15/h2-4,6-7,14,20H,5,8-13H2,1H3. The fourth-order valence-corrected chi connectivity index (χ4v) is 3.85. The van der Waals surface area contributed by atoms with Crippen molar-refractivity contribution in [2.75, 3.05) is 24.5 Å². The van der Waals surface area contributed by atoms with Crippen molar-refractivity contribution in [3.63, 3.8) is 0 Å². The van der Waals surface area contributed by atoms with Crippen LogP contribution in [0.15, 0.2) is 30.3 Å². The first kappa shape index (κ1) is 14.6. The Labute approximate surface area is 137 Å². The molecule has 0 radical (unpaired) electrons. The van der Waals surface area contributed by atoms with E-state index in [0.29, 0.717) is 6.04 Å². The minimum absolute atomic E-state index is 0.520. The number of hydrogen-bond acceptors (Lipinski definition) is 4. The molecule has 2 aliphatic rings. The van der Waals surface area contributed by atoms with Gasteiger partial charge in [0.25, 0.3) is 0 Å². The zero-order valence-electron chi connectivity index (χ0n) is 13.8. The van der Waals surface area contributed by atoms with Gasteiger partial charge in [-0.2, -0.15) is 5.10 Å². The smallest absolute Gasteiger partial charge is 0.154 e. The van der Waals surface area contributed by atoms with E-state index in [9.17, 15) is 0 Å². The van der Waals surface area contributed by atoms with Crippen LogP contribution in [0.4, 0.5) is 5.82 Å². The van der Waals surface area contributed by atoms with Crippen molar-refractivity contribution in [3.8, 4) is 0 Å². The molecule has 1 saturated heterocycles. The third-order valence-electron chi connectivity index (χ3n) is 4.98. The van der Waals surface area contributed by atoms with E-state index in [2.05, 4.69) is 57.7 Å². The molecule has 1 aromatic carbocycles. The van der Waals surface area contributed by atoms with Crippen LogP contribution in [0.2, 0.25) is 0 Å². The predicted molar refractivity (Wildman–Crippen MR) is 93.0 cm³/mol. The van der Waals surface area contributed by atoms with Crippen LogP contribution in [0.1, 0.15) is 35.7 Å². The second-order valence-electron chi connectivity index (χ2n) is 6.74. The molecule has 0 spiro atoms. The minimum atomic E-state index is 0.520. The number of aromatic nitrogens is 2. The van der Waals surface area contributed by atoms with E-state index in [1.807, 2.05) is 0 Å². The van der Waals surface area contributed by atoms with Gasteiger partial charge in [-0.05, 0) is 37.3 Å². The lowest BCUT2D eigenvalue weighted by Gasteiger charge is -2.33. The Kier molecular flexibility index (Phi) is 4.00. The molecular weight excluding hydrogens is 284 g/mol. The topological polar surface area (TPSA) is 41.1 Å². The minimum Gasteiger partial charge on any atom is -0.352 e. The Morgan fingerprint density at radius 3 is 2.78 bits per heavy atom. The van der Waals surface area contributed by atoms with Crippen molar-refractivity contribution in [2.24, 2.45) is 0 Å². The van der Waals surface area contributed by atoms with Gasteiger partial charge >= 0.3 is 0 Å². The first-order valence-corrected chi connectivity index (χ1v) is 8.71. The zero-order valence-corrected chi connectivity index (χ0v) is 13.8. The van der Waals surface area contributed by atoms with E-state index in [1.54, 1.807) is 0 Å². The summed E-state index contributed by atoms with van der Waals surface area (Å²) in [4.78, 5) is 2.42. The van der Waals surface area contributed by atoms with Crippen molar-refractivity contribution in [1.29, 1.82) is 0 Å². The number of nitrogens with zero attached hydrogens (tertiary/aromatic N) is 3. The molecule has 1 aromatic heterocycles. The molecule has 0 amide bonds. The predicted octanol–water partition coefficient (Wildman–Crippen LogP) is 2.35. The average molecular weight is 308 g/mol. The summed E-state index contributed by atoms with van der Waals surface area (Å²) in [5.74, 6) is 1.14. The van der Waals surface area contributed by atoms with Crippen LogP contribution in [0.25, 0.3) is 0 Å². The van der Waals surface area contributed by atoms with E-state index in [0.717, 1.165) is 44.7 Å². The van der Waals surface area contributed by atoms with Crippen LogP contribution in [-0.2, 0) is 19.3 Å². The van der Waals surface area contributed by atoms with Gasteiger partial charge in [0, 0.05) is 37.7 Å². The van der Waals surface area contributed by atoms with E-state index in [4.69, 9.17) is 0 Å². The van der Waals surface area contributed by atoms with Gasteiger partial charge in [0.15, 0.2) is 5.82 Å². The summed E-state index contributed by atoms with van der Waals surface area (Å²) >= 11 is 0. The molecule has 0 saturated carbocycles. The lowest BCUT2D eigenvalue weighted by Crippen LogP contribution is -2.50. The van der Waals surface area contributed by atoms with Gasteiger partial charge in [-0.1, -0.05) is 30.3 Å². The summed E-state index contributed by atoms with van der Waals surface area (Å²) in [5.41, 5.74) is 5.42. The third-order valence-corrected chi connectivity index (χ3v) is 4.98. The van der Waals surface area contributed by atoms with Crippen LogP contribution < -0.4 is 10.2 Å². The monoisotopic (exact) mass is 308 g/mol. The number of fused-ring (bicyclic) bond motifs is 1. The normalized spacial score (nSPS) is 20.6. The molecule has 2 heterocycles. The number of anilines is 1.